The van der Waals surface area contributed by atoms with Crippen LogP contribution < -0.4 is 0 Å². The highest BCUT2D eigenvalue weighted by Gasteiger charge is 2.32. The molecule has 0 amide bonds. The molecule has 1 rings (SSSR count). The number of rotatable bonds is 2. The summed E-state index contributed by atoms with van der Waals surface area (Å²) in [5.41, 5.74) is 0. The molecule has 0 bridgehead atoms. The van der Waals surface area contributed by atoms with Gasteiger partial charge in [0.2, 0.25) is 0 Å². The van der Waals surface area contributed by atoms with Gasteiger partial charge in [-0.1, -0.05) is 0 Å². The first-order valence-corrected chi connectivity index (χ1v) is 3.65. The molecule has 66 valence electrons. The molecule has 0 aromatic heterocycles. The topological polar surface area (TPSA) is 47.9 Å². The lowest BCUT2D eigenvalue weighted by Gasteiger charge is -2.32. The third-order valence-electron chi connectivity index (χ3n) is 1.88. The molecule has 0 aromatic carbocycles. The molecular formula is C7H14O4. The molecule has 11 heavy (non-hydrogen) atoms. The lowest BCUT2D eigenvalue weighted by molar-refractivity contribution is -0.236. The van der Waals surface area contributed by atoms with Crippen LogP contribution in [0.25, 0.3) is 0 Å². The zero-order valence-electron chi connectivity index (χ0n) is 6.82. The normalized spacial score (nSPS) is 39.0. The van der Waals surface area contributed by atoms with E-state index in [2.05, 4.69) is 0 Å². The zero-order chi connectivity index (χ0) is 8.27. The predicted molar refractivity (Wildman–Crippen MR) is 38.2 cm³/mol. The van der Waals surface area contributed by atoms with Gasteiger partial charge in [-0.25, -0.2) is 0 Å². The van der Waals surface area contributed by atoms with E-state index in [0.717, 1.165) is 6.42 Å². The molecule has 3 atom stereocenters. The van der Waals surface area contributed by atoms with Gasteiger partial charge < -0.3 is 19.3 Å². The number of hydrogen-bond donors (Lipinski definition) is 1. The van der Waals surface area contributed by atoms with Crippen LogP contribution in [0.2, 0.25) is 0 Å². The van der Waals surface area contributed by atoms with Gasteiger partial charge in [-0.3, -0.25) is 0 Å². The Kier molecular flexibility index (Phi) is 3.26. The third-order valence-corrected chi connectivity index (χ3v) is 1.88. The van der Waals surface area contributed by atoms with E-state index in [4.69, 9.17) is 14.2 Å². The van der Waals surface area contributed by atoms with Crippen LogP contribution in [-0.4, -0.2) is 44.4 Å². The van der Waals surface area contributed by atoms with E-state index in [9.17, 15) is 5.11 Å². The van der Waals surface area contributed by atoms with Crippen molar-refractivity contribution < 1.29 is 19.3 Å². The quantitative estimate of drug-likeness (QED) is 0.608. The second-order valence-corrected chi connectivity index (χ2v) is 2.53. The summed E-state index contributed by atoms with van der Waals surface area (Å²) in [6.45, 7) is 0.577. The fourth-order valence-electron chi connectivity index (χ4n) is 1.21. The molecule has 0 radical (unpaired) electrons. The molecule has 1 N–H and O–H groups in total. The molecule has 0 spiro atoms. The second-order valence-electron chi connectivity index (χ2n) is 2.53. The summed E-state index contributed by atoms with van der Waals surface area (Å²) in [6, 6.07) is 0. The van der Waals surface area contributed by atoms with Crippen molar-refractivity contribution in [2.75, 3.05) is 20.8 Å². The van der Waals surface area contributed by atoms with Crippen molar-refractivity contribution in [3.63, 3.8) is 0 Å². The summed E-state index contributed by atoms with van der Waals surface area (Å²) in [5, 5.41) is 9.45. The number of hydrogen-bond acceptors (Lipinski definition) is 4. The van der Waals surface area contributed by atoms with Gasteiger partial charge in [0.1, 0.15) is 6.10 Å². The minimum atomic E-state index is -0.668. The standard InChI is InChI=1S/C7H14O4/c1-9-5-3-4-11-7(10-2)6(5)8/h5-8H,3-4H2,1-2H3/t5-,6-,7-/m0/s1. The molecule has 0 saturated carbocycles. The van der Waals surface area contributed by atoms with Crippen LogP contribution in [0.15, 0.2) is 0 Å². The van der Waals surface area contributed by atoms with Crippen LogP contribution in [0.1, 0.15) is 6.42 Å². The van der Waals surface area contributed by atoms with Gasteiger partial charge >= 0.3 is 0 Å². The van der Waals surface area contributed by atoms with Crippen LogP contribution in [-0.2, 0) is 14.2 Å². The lowest BCUT2D eigenvalue weighted by atomic mass is 10.1. The second kappa shape index (κ2) is 4.01. The van der Waals surface area contributed by atoms with E-state index >= 15 is 0 Å². The average molecular weight is 162 g/mol. The summed E-state index contributed by atoms with van der Waals surface area (Å²) in [4.78, 5) is 0. The summed E-state index contributed by atoms with van der Waals surface area (Å²) in [6.07, 6.45) is -0.640. The van der Waals surface area contributed by atoms with Crippen LogP contribution in [0, 0.1) is 0 Å². The number of methoxy groups -OCH3 is 2. The first kappa shape index (κ1) is 8.93. The molecule has 4 heteroatoms. The Labute approximate surface area is 66.1 Å². The van der Waals surface area contributed by atoms with Crippen molar-refractivity contribution in [1.82, 2.24) is 0 Å². The van der Waals surface area contributed by atoms with Crippen molar-refractivity contribution in [3.8, 4) is 0 Å². The van der Waals surface area contributed by atoms with E-state index in [0.29, 0.717) is 6.61 Å². The smallest absolute Gasteiger partial charge is 0.185 e. The maximum atomic E-state index is 9.45. The summed E-state index contributed by atoms with van der Waals surface area (Å²) in [7, 11) is 3.08. The lowest BCUT2D eigenvalue weighted by Crippen LogP contribution is -2.46. The van der Waals surface area contributed by atoms with Gasteiger partial charge in [0.05, 0.1) is 12.7 Å². The molecule has 1 aliphatic rings. The fraction of sp³-hybridized carbons (Fsp3) is 1.00. The minimum Gasteiger partial charge on any atom is -0.385 e. The highest BCUT2D eigenvalue weighted by molar-refractivity contribution is 4.76. The number of aliphatic hydroxyl groups excluding tert-OH is 1. The molecule has 0 aromatic rings. The van der Waals surface area contributed by atoms with Crippen LogP contribution in [0.3, 0.4) is 0 Å². The molecule has 1 fully saturated rings. The highest BCUT2D eigenvalue weighted by Crippen LogP contribution is 2.17. The maximum Gasteiger partial charge on any atom is 0.185 e. The Morgan fingerprint density at radius 1 is 1.36 bits per heavy atom. The Morgan fingerprint density at radius 3 is 2.64 bits per heavy atom. The largest absolute Gasteiger partial charge is 0.385 e. The van der Waals surface area contributed by atoms with Crippen molar-refractivity contribution in [3.05, 3.63) is 0 Å². The molecule has 0 aliphatic carbocycles. The van der Waals surface area contributed by atoms with Crippen LogP contribution in [0.5, 0.6) is 0 Å². The van der Waals surface area contributed by atoms with E-state index in [1.165, 1.54) is 7.11 Å². The van der Waals surface area contributed by atoms with Gasteiger partial charge in [0.15, 0.2) is 6.29 Å². The zero-order valence-corrected chi connectivity index (χ0v) is 6.82. The SMILES string of the molecule is CO[C@H]1OCC[C@H](OC)[C@@H]1O. The Bertz CT molecular complexity index is 105. The van der Waals surface area contributed by atoms with Gasteiger partial charge in [-0.2, -0.15) is 0 Å². The third kappa shape index (κ3) is 1.90. The van der Waals surface area contributed by atoms with E-state index in [-0.39, 0.29) is 6.10 Å². The Morgan fingerprint density at radius 2 is 2.09 bits per heavy atom. The summed E-state index contributed by atoms with van der Waals surface area (Å²) >= 11 is 0. The van der Waals surface area contributed by atoms with Crippen molar-refractivity contribution >= 4 is 0 Å². The van der Waals surface area contributed by atoms with E-state index in [1.807, 2.05) is 0 Å². The maximum absolute atomic E-state index is 9.45. The predicted octanol–water partition coefficient (Wildman–Crippen LogP) is -0.245. The van der Waals surface area contributed by atoms with E-state index < -0.39 is 12.4 Å². The van der Waals surface area contributed by atoms with Gasteiger partial charge in [0, 0.05) is 14.2 Å². The number of aliphatic hydroxyl groups is 1. The fourth-order valence-corrected chi connectivity index (χ4v) is 1.21. The van der Waals surface area contributed by atoms with Gasteiger partial charge in [-0.05, 0) is 6.42 Å². The summed E-state index contributed by atoms with van der Waals surface area (Å²) in [5.74, 6) is 0. The van der Waals surface area contributed by atoms with Crippen molar-refractivity contribution in [2.45, 2.75) is 24.9 Å². The average Bonchev–Trinajstić information content (AvgIpc) is 2.05. The molecular weight excluding hydrogens is 148 g/mol. The van der Waals surface area contributed by atoms with E-state index in [1.54, 1.807) is 7.11 Å². The molecule has 4 nitrogen and oxygen atoms in total. The van der Waals surface area contributed by atoms with Crippen molar-refractivity contribution in [2.24, 2.45) is 0 Å². The Hall–Kier alpha value is -0.160. The molecule has 1 heterocycles. The highest BCUT2D eigenvalue weighted by atomic mass is 16.7. The summed E-state index contributed by atoms with van der Waals surface area (Å²) < 4.78 is 15.0. The first-order chi connectivity index (χ1) is 5.29. The first-order valence-electron chi connectivity index (χ1n) is 3.65. The van der Waals surface area contributed by atoms with Gasteiger partial charge in [-0.15, -0.1) is 0 Å². The molecule has 1 aliphatic heterocycles. The molecule has 0 unspecified atom stereocenters. The van der Waals surface area contributed by atoms with Crippen molar-refractivity contribution in [1.29, 1.82) is 0 Å². The van der Waals surface area contributed by atoms with Crippen LogP contribution >= 0.6 is 0 Å². The minimum absolute atomic E-state index is 0.159. The molecule has 1 saturated heterocycles. The van der Waals surface area contributed by atoms with Crippen LogP contribution in [0.4, 0.5) is 0 Å². The van der Waals surface area contributed by atoms with Gasteiger partial charge in [0.25, 0.3) is 0 Å². The Balaban J connectivity index is 2.45. The monoisotopic (exact) mass is 162 g/mol. The number of ether oxygens (including phenoxy) is 3.